The molecule has 0 saturated carbocycles. The number of rotatable bonds is 6. The van der Waals surface area contributed by atoms with Crippen molar-refractivity contribution in [2.75, 3.05) is 16.4 Å². The summed E-state index contributed by atoms with van der Waals surface area (Å²) >= 11 is 1.12. The van der Waals surface area contributed by atoms with E-state index in [2.05, 4.69) is 20.8 Å². The zero-order valence-electron chi connectivity index (χ0n) is 13.5. The molecule has 132 valence electrons. The van der Waals surface area contributed by atoms with Crippen LogP contribution >= 0.6 is 11.8 Å². The first-order chi connectivity index (χ1) is 11.8. The van der Waals surface area contributed by atoms with Gasteiger partial charge in [0, 0.05) is 17.7 Å². The molecule has 0 aliphatic carbocycles. The van der Waals surface area contributed by atoms with Crippen molar-refractivity contribution < 1.29 is 18.4 Å². The third kappa shape index (κ3) is 5.79. The number of nitrogens with one attached hydrogen (secondary N) is 2. The topological polar surface area (TPSA) is 84.0 Å². The number of hydrogen-bond acceptors (Lipinski definition) is 5. The molecule has 2 N–H and O–H groups in total. The normalized spacial score (nSPS) is 10.6. The summed E-state index contributed by atoms with van der Waals surface area (Å²) in [7, 11) is 0. The van der Waals surface area contributed by atoms with Gasteiger partial charge in [-0.1, -0.05) is 25.6 Å². The van der Waals surface area contributed by atoms with Crippen molar-refractivity contribution in [3.8, 4) is 0 Å². The molecule has 6 nitrogen and oxygen atoms in total. The highest BCUT2D eigenvalue weighted by molar-refractivity contribution is 7.99. The highest BCUT2D eigenvalue weighted by Gasteiger charge is 2.10. The van der Waals surface area contributed by atoms with Gasteiger partial charge in [-0.2, -0.15) is 0 Å². The van der Waals surface area contributed by atoms with E-state index >= 15 is 0 Å². The van der Waals surface area contributed by atoms with Gasteiger partial charge in [0.25, 0.3) is 0 Å². The van der Waals surface area contributed by atoms with E-state index in [9.17, 15) is 18.4 Å². The predicted molar refractivity (Wildman–Crippen MR) is 91.2 cm³/mol. The van der Waals surface area contributed by atoms with Gasteiger partial charge in [-0.3, -0.25) is 9.59 Å². The summed E-state index contributed by atoms with van der Waals surface area (Å²) in [6.07, 6.45) is 0. The van der Waals surface area contributed by atoms with Crippen molar-refractivity contribution in [2.45, 2.75) is 18.9 Å². The van der Waals surface area contributed by atoms with E-state index in [0.29, 0.717) is 10.8 Å². The Kier molecular flexibility index (Phi) is 6.40. The molecule has 0 saturated heterocycles. The maximum Gasteiger partial charge on any atom is 0.234 e. The molecule has 2 rings (SSSR count). The smallest absolute Gasteiger partial charge is 0.234 e. The number of carbonyl (C=O) groups is 2. The second-order valence-corrected chi connectivity index (χ2v) is 6.36. The fourth-order valence-electron chi connectivity index (χ4n) is 1.64. The molecule has 1 heterocycles. The van der Waals surface area contributed by atoms with Crippen molar-refractivity contribution in [1.29, 1.82) is 0 Å². The van der Waals surface area contributed by atoms with Crippen molar-refractivity contribution in [2.24, 2.45) is 5.92 Å². The molecular formula is C16H16F2N4O2S. The van der Waals surface area contributed by atoms with Crippen LogP contribution in [0.5, 0.6) is 0 Å². The lowest BCUT2D eigenvalue weighted by Crippen LogP contribution is -2.18. The fourth-order valence-corrected chi connectivity index (χ4v) is 2.26. The van der Waals surface area contributed by atoms with E-state index < -0.39 is 17.5 Å². The van der Waals surface area contributed by atoms with Gasteiger partial charge in [0.05, 0.1) is 5.75 Å². The summed E-state index contributed by atoms with van der Waals surface area (Å²) in [4.78, 5) is 23.4. The molecule has 0 radical (unpaired) electrons. The molecule has 0 spiro atoms. The number of amides is 2. The third-order valence-electron chi connectivity index (χ3n) is 2.97. The Morgan fingerprint density at radius 2 is 1.84 bits per heavy atom. The van der Waals surface area contributed by atoms with Crippen molar-refractivity contribution in [3.63, 3.8) is 0 Å². The average molecular weight is 366 g/mol. The highest BCUT2D eigenvalue weighted by atomic mass is 32.2. The minimum Gasteiger partial charge on any atom is -0.325 e. The summed E-state index contributed by atoms with van der Waals surface area (Å²) in [6.45, 7) is 3.52. The van der Waals surface area contributed by atoms with Gasteiger partial charge < -0.3 is 10.6 Å². The monoisotopic (exact) mass is 366 g/mol. The van der Waals surface area contributed by atoms with E-state index in [4.69, 9.17) is 0 Å². The number of nitrogens with zero attached hydrogens (tertiary/aromatic N) is 2. The zero-order chi connectivity index (χ0) is 18.4. The first-order valence-corrected chi connectivity index (χ1v) is 8.36. The molecule has 0 fully saturated rings. The van der Waals surface area contributed by atoms with Crippen LogP contribution in [-0.4, -0.2) is 27.8 Å². The summed E-state index contributed by atoms with van der Waals surface area (Å²) in [5.74, 6) is -2.39. The van der Waals surface area contributed by atoms with Gasteiger partial charge in [0.2, 0.25) is 11.8 Å². The van der Waals surface area contributed by atoms with E-state index in [1.165, 1.54) is 6.07 Å². The lowest BCUT2D eigenvalue weighted by Gasteiger charge is -2.07. The van der Waals surface area contributed by atoms with E-state index in [0.717, 1.165) is 23.9 Å². The first kappa shape index (κ1) is 18.8. The minimum atomic E-state index is -1.03. The molecule has 0 aliphatic heterocycles. The minimum absolute atomic E-state index is 0.0192. The standard InChI is InChI=1S/C16H16F2N4O2S/c1-9(2)16(24)20-13-5-6-15(22-21-13)25-8-14(23)19-10-3-4-11(17)12(18)7-10/h3-7,9H,8H2,1-2H3,(H,19,23)(H,20,21,24). The van der Waals surface area contributed by atoms with E-state index in [1.54, 1.807) is 26.0 Å². The Bertz CT molecular complexity index is 769. The van der Waals surface area contributed by atoms with Crippen LogP contribution in [0.4, 0.5) is 20.3 Å². The van der Waals surface area contributed by atoms with Crippen LogP contribution in [0.2, 0.25) is 0 Å². The molecule has 0 unspecified atom stereocenters. The van der Waals surface area contributed by atoms with Crippen LogP contribution in [0.3, 0.4) is 0 Å². The maximum atomic E-state index is 13.1. The zero-order valence-corrected chi connectivity index (χ0v) is 14.4. The van der Waals surface area contributed by atoms with Crippen molar-refractivity contribution in [3.05, 3.63) is 42.0 Å². The lowest BCUT2D eigenvalue weighted by atomic mass is 10.2. The number of aromatic nitrogens is 2. The Labute approximate surface area is 147 Å². The molecule has 2 aromatic rings. The van der Waals surface area contributed by atoms with E-state index in [-0.39, 0.29) is 23.3 Å². The van der Waals surface area contributed by atoms with Crippen LogP contribution in [0, 0.1) is 17.6 Å². The number of anilines is 2. The van der Waals surface area contributed by atoms with Gasteiger partial charge in [-0.15, -0.1) is 10.2 Å². The summed E-state index contributed by atoms with van der Waals surface area (Å²) in [5, 5.41) is 13.3. The van der Waals surface area contributed by atoms with Crippen LogP contribution in [0.1, 0.15) is 13.8 Å². The molecule has 0 aliphatic rings. The number of thioether (sulfide) groups is 1. The second-order valence-electron chi connectivity index (χ2n) is 5.37. The summed E-state index contributed by atoms with van der Waals surface area (Å²) in [6, 6.07) is 6.33. The molecular weight excluding hydrogens is 350 g/mol. The SMILES string of the molecule is CC(C)C(=O)Nc1ccc(SCC(=O)Nc2ccc(F)c(F)c2)nn1. The number of halogens is 2. The van der Waals surface area contributed by atoms with E-state index in [1.807, 2.05) is 0 Å². The summed E-state index contributed by atoms with van der Waals surface area (Å²) < 4.78 is 25.9. The molecule has 0 bridgehead atoms. The van der Waals surface area contributed by atoms with Crippen LogP contribution in [0.15, 0.2) is 35.4 Å². The van der Waals surface area contributed by atoms with Crippen LogP contribution in [-0.2, 0) is 9.59 Å². The number of hydrogen-bond donors (Lipinski definition) is 2. The number of benzene rings is 1. The van der Waals surface area contributed by atoms with Gasteiger partial charge in [-0.25, -0.2) is 8.78 Å². The van der Waals surface area contributed by atoms with Gasteiger partial charge in [0.15, 0.2) is 17.5 Å². The Balaban J connectivity index is 1.85. The van der Waals surface area contributed by atoms with Crippen LogP contribution in [0.25, 0.3) is 0 Å². The van der Waals surface area contributed by atoms with Crippen LogP contribution < -0.4 is 10.6 Å². The van der Waals surface area contributed by atoms with Gasteiger partial charge in [0.1, 0.15) is 5.03 Å². The second kappa shape index (κ2) is 8.52. The van der Waals surface area contributed by atoms with Crippen molar-refractivity contribution >= 4 is 35.1 Å². The average Bonchev–Trinajstić information content (AvgIpc) is 2.57. The highest BCUT2D eigenvalue weighted by Crippen LogP contribution is 2.17. The Morgan fingerprint density at radius 3 is 2.44 bits per heavy atom. The molecule has 25 heavy (non-hydrogen) atoms. The molecule has 2 amide bonds. The van der Waals surface area contributed by atoms with Crippen molar-refractivity contribution in [1.82, 2.24) is 10.2 Å². The maximum absolute atomic E-state index is 13.1. The lowest BCUT2D eigenvalue weighted by molar-refractivity contribution is -0.119. The molecule has 9 heteroatoms. The first-order valence-electron chi connectivity index (χ1n) is 7.37. The molecule has 0 atom stereocenters. The Hall–Kier alpha value is -2.55. The Morgan fingerprint density at radius 1 is 1.08 bits per heavy atom. The summed E-state index contributed by atoms with van der Waals surface area (Å²) in [5.41, 5.74) is 0.169. The molecule has 1 aromatic carbocycles. The van der Waals surface area contributed by atoms with Gasteiger partial charge >= 0.3 is 0 Å². The predicted octanol–water partition coefficient (Wildman–Crippen LogP) is 3.08. The number of carbonyl (C=O) groups excluding carboxylic acids is 2. The largest absolute Gasteiger partial charge is 0.325 e. The fraction of sp³-hybridized carbons (Fsp3) is 0.250. The quantitative estimate of drug-likeness (QED) is 0.768. The third-order valence-corrected chi connectivity index (χ3v) is 3.89. The molecule has 1 aromatic heterocycles. The van der Waals surface area contributed by atoms with Gasteiger partial charge in [-0.05, 0) is 24.3 Å².